The predicted octanol–water partition coefficient (Wildman–Crippen LogP) is 1.65. The van der Waals surface area contributed by atoms with Gasteiger partial charge in [-0.15, -0.1) is 0 Å². The lowest BCUT2D eigenvalue weighted by Gasteiger charge is -2.35. The van der Waals surface area contributed by atoms with E-state index < -0.39 is 5.54 Å². The van der Waals surface area contributed by atoms with Gasteiger partial charge in [0, 0.05) is 26.2 Å². The normalized spacial score (nSPS) is 22.8. The van der Waals surface area contributed by atoms with Gasteiger partial charge >= 0.3 is 0 Å². The fourth-order valence-corrected chi connectivity index (χ4v) is 2.94. The van der Waals surface area contributed by atoms with Crippen molar-refractivity contribution in [2.75, 3.05) is 13.1 Å². The standard InChI is InChI=1S/C18H29N3O2/c1-13-10-21(11-14(2)23-13)12-16-8-6-5-7-15(16)9-20-17(22)18(3,4)19/h5-8,13-14H,9-12,19H2,1-4H3,(H,20,22)/t13-,14-/m1/s1. The van der Waals surface area contributed by atoms with Crippen LogP contribution in [-0.2, 0) is 22.6 Å². The second-order valence-corrected chi connectivity index (χ2v) is 7.12. The molecular formula is C18H29N3O2. The Labute approximate surface area is 139 Å². The van der Waals surface area contributed by atoms with Crippen LogP contribution in [0.15, 0.2) is 24.3 Å². The molecule has 1 aromatic carbocycles. The van der Waals surface area contributed by atoms with Gasteiger partial charge in [-0.05, 0) is 38.8 Å². The number of hydrogen-bond donors (Lipinski definition) is 2. The number of rotatable bonds is 5. The lowest BCUT2D eigenvalue weighted by molar-refractivity contribution is -0.125. The summed E-state index contributed by atoms with van der Waals surface area (Å²) in [5.41, 5.74) is 7.35. The van der Waals surface area contributed by atoms with Gasteiger partial charge in [-0.1, -0.05) is 24.3 Å². The number of amides is 1. The van der Waals surface area contributed by atoms with Crippen LogP contribution >= 0.6 is 0 Å². The molecule has 0 aromatic heterocycles. The number of carbonyl (C=O) groups is 1. The first-order valence-corrected chi connectivity index (χ1v) is 8.27. The molecule has 1 aliphatic rings. The summed E-state index contributed by atoms with van der Waals surface area (Å²) in [5, 5.41) is 2.93. The van der Waals surface area contributed by atoms with Crippen molar-refractivity contribution < 1.29 is 9.53 Å². The lowest BCUT2D eigenvalue weighted by atomic mass is 10.0. The van der Waals surface area contributed by atoms with Gasteiger partial charge in [0.1, 0.15) is 0 Å². The van der Waals surface area contributed by atoms with Gasteiger partial charge < -0.3 is 15.8 Å². The first kappa shape index (κ1) is 17.9. The molecule has 1 aromatic rings. The highest BCUT2D eigenvalue weighted by molar-refractivity contribution is 5.85. The molecule has 3 N–H and O–H groups in total. The Morgan fingerprint density at radius 1 is 1.26 bits per heavy atom. The molecule has 128 valence electrons. The van der Waals surface area contributed by atoms with Crippen LogP contribution in [0.2, 0.25) is 0 Å². The molecule has 1 fully saturated rings. The quantitative estimate of drug-likeness (QED) is 0.866. The third-order valence-electron chi connectivity index (χ3n) is 4.03. The Balaban J connectivity index is 2.01. The van der Waals surface area contributed by atoms with Crippen LogP contribution < -0.4 is 11.1 Å². The smallest absolute Gasteiger partial charge is 0.239 e. The summed E-state index contributed by atoms with van der Waals surface area (Å²) < 4.78 is 5.79. The summed E-state index contributed by atoms with van der Waals surface area (Å²) in [5.74, 6) is -0.138. The van der Waals surface area contributed by atoms with Crippen LogP contribution in [0.3, 0.4) is 0 Å². The van der Waals surface area contributed by atoms with Gasteiger partial charge in [0.05, 0.1) is 17.7 Å². The summed E-state index contributed by atoms with van der Waals surface area (Å²) in [6.45, 7) is 10.9. The zero-order valence-electron chi connectivity index (χ0n) is 14.6. The Morgan fingerprint density at radius 3 is 2.39 bits per heavy atom. The van der Waals surface area contributed by atoms with E-state index in [0.717, 1.165) is 25.2 Å². The highest BCUT2D eigenvalue weighted by Crippen LogP contribution is 2.17. The van der Waals surface area contributed by atoms with E-state index in [4.69, 9.17) is 10.5 Å². The highest BCUT2D eigenvalue weighted by Gasteiger charge is 2.24. The molecule has 5 nitrogen and oxygen atoms in total. The Kier molecular flexibility index (Phi) is 5.79. The number of nitrogens with two attached hydrogens (primary N) is 1. The molecule has 0 saturated carbocycles. The summed E-state index contributed by atoms with van der Waals surface area (Å²) >= 11 is 0. The van der Waals surface area contributed by atoms with Crippen LogP contribution in [-0.4, -0.2) is 41.6 Å². The van der Waals surface area contributed by atoms with E-state index in [2.05, 4.69) is 36.2 Å². The molecule has 0 bridgehead atoms. The zero-order valence-corrected chi connectivity index (χ0v) is 14.6. The summed E-state index contributed by atoms with van der Waals surface area (Å²) in [7, 11) is 0. The fourth-order valence-electron chi connectivity index (χ4n) is 2.94. The number of hydrogen-bond acceptors (Lipinski definition) is 4. The molecule has 2 atom stereocenters. The molecule has 1 amide bonds. The van der Waals surface area contributed by atoms with Gasteiger partial charge in [-0.25, -0.2) is 0 Å². The average molecular weight is 319 g/mol. The summed E-state index contributed by atoms with van der Waals surface area (Å²) in [6.07, 6.45) is 0.507. The molecule has 5 heteroatoms. The maximum Gasteiger partial charge on any atom is 0.239 e. The van der Waals surface area contributed by atoms with Crippen molar-refractivity contribution in [1.29, 1.82) is 0 Å². The maximum absolute atomic E-state index is 12.0. The number of morpholine rings is 1. The van der Waals surface area contributed by atoms with E-state index in [9.17, 15) is 4.79 Å². The molecule has 0 aliphatic carbocycles. The van der Waals surface area contributed by atoms with Crippen LogP contribution in [0.25, 0.3) is 0 Å². The lowest BCUT2D eigenvalue weighted by Crippen LogP contribution is -2.49. The van der Waals surface area contributed by atoms with E-state index in [1.54, 1.807) is 13.8 Å². The molecule has 0 radical (unpaired) electrons. The van der Waals surface area contributed by atoms with E-state index in [0.29, 0.717) is 6.54 Å². The molecule has 1 saturated heterocycles. The minimum Gasteiger partial charge on any atom is -0.373 e. The predicted molar refractivity (Wildman–Crippen MR) is 91.8 cm³/mol. The first-order chi connectivity index (χ1) is 10.8. The molecule has 0 unspecified atom stereocenters. The van der Waals surface area contributed by atoms with Crippen LogP contribution in [0.5, 0.6) is 0 Å². The fraction of sp³-hybridized carbons (Fsp3) is 0.611. The largest absolute Gasteiger partial charge is 0.373 e. The number of ether oxygens (including phenoxy) is 1. The van der Waals surface area contributed by atoms with Crippen molar-refractivity contribution in [2.45, 2.75) is 58.5 Å². The van der Waals surface area contributed by atoms with E-state index in [1.807, 2.05) is 12.1 Å². The maximum atomic E-state index is 12.0. The summed E-state index contributed by atoms with van der Waals surface area (Å²) in [4.78, 5) is 14.4. The second kappa shape index (κ2) is 7.43. The van der Waals surface area contributed by atoms with Crippen molar-refractivity contribution in [2.24, 2.45) is 5.73 Å². The Morgan fingerprint density at radius 2 is 1.83 bits per heavy atom. The van der Waals surface area contributed by atoms with Gasteiger partial charge in [0.2, 0.25) is 5.91 Å². The molecular weight excluding hydrogens is 290 g/mol. The number of carbonyl (C=O) groups excluding carboxylic acids is 1. The van der Waals surface area contributed by atoms with E-state index >= 15 is 0 Å². The van der Waals surface area contributed by atoms with Gasteiger partial charge in [-0.3, -0.25) is 9.69 Å². The second-order valence-electron chi connectivity index (χ2n) is 7.12. The van der Waals surface area contributed by atoms with Gasteiger partial charge in [-0.2, -0.15) is 0 Å². The topological polar surface area (TPSA) is 67.6 Å². The summed E-state index contributed by atoms with van der Waals surface area (Å²) in [6, 6.07) is 8.23. The van der Waals surface area contributed by atoms with E-state index in [1.165, 1.54) is 5.56 Å². The molecule has 0 spiro atoms. The van der Waals surface area contributed by atoms with Crippen molar-refractivity contribution in [3.05, 3.63) is 35.4 Å². The first-order valence-electron chi connectivity index (χ1n) is 8.27. The average Bonchev–Trinajstić information content (AvgIpc) is 2.44. The van der Waals surface area contributed by atoms with Gasteiger partial charge in [0.15, 0.2) is 0 Å². The molecule has 1 aliphatic heterocycles. The number of nitrogens with one attached hydrogen (secondary N) is 1. The minimum absolute atomic E-state index is 0.138. The molecule has 23 heavy (non-hydrogen) atoms. The van der Waals surface area contributed by atoms with Crippen molar-refractivity contribution in [1.82, 2.24) is 10.2 Å². The monoisotopic (exact) mass is 319 g/mol. The number of nitrogens with zero attached hydrogens (tertiary/aromatic N) is 1. The minimum atomic E-state index is -0.857. The zero-order chi connectivity index (χ0) is 17.0. The highest BCUT2D eigenvalue weighted by atomic mass is 16.5. The van der Waals surface area contributed by atoms with Crippen molar-refractivity contribution in [3.8, 4) is 0 Å². The third kappa shape index (κ3) is 5.30. The van der Waals surface area contributed by atoms with E-state index in [-0.39, 0.29) is 18.1 Å². The van der Waals surface area contributed by atoms with Crippen LogP contribution in [0.4, 0.5) is 0 Å². The number of benzene rings is 1. The van der Waals surface area contributed by atoms with Crippen LogP contribution in [0, 0.1) is 0 Å². The molecule has 2 rings (SSSR count). The van der Waals surface area contributed by atoms with Crippen molar-refractivity contribution >= 4 is 5.91 Å². The van der Waals surface area contributed by atoms with Crippen LogP contribution in [0.1, 0.15) is 38.8 Å². The van der Waals surface area contributed by atoms with Gasteiger partial charge in [0.25, 0.3) is 0 Å². The SMILES string of the molecule is C[C@@H]1CN(Cc2ccccc2CNC(=O)C(C)(C)N)C[C@@H](C)O1. The third-order valence-corrected chi connectivity index (χ3v) is 4.03. The Hall–Kier alpha value is -1.43. The molecule has 1 heterocycles. The Bertz CT molecular complexity index is 529. The van der Waals surface area contributed by atoms with Crippen molar-refractivity contribution in [3.63, 3.8) is 0 Å².